The van der Waals surface area contributed by atoms with E-state index in [4.69, 9.17) is 5.11 Å². The predicted molar refractivity (Wildman–Crippen MR) is 58.8 cm³/mol. The van der Waals surface area contributed by atoms with Gasteiger partial charge in [0.2, 0.25) is 0 Å². The molecular formula is C7H4I2O2. The molecule has 0 radical (unpaired) electrons. The highest BCUT2D eigenvalue weighted by Crippen LogP contribution is 2.15. The molecule has 0 aliphatic carbocycles. The summed E-state index contributed by atoms with van der Waals surface area (Å²) in [4.78, 5) is 10.5. The molecule has 1 N–H and O–H groups in total. The van der Waals surface area contributed by atoms with Crippen LogP contribution in [0.4, 0.5) is 0 Å². The third kappa shape index (κ3) is 2.29. The van der Waals surface area contributed by atoms with Gasteiger partial charge in [0, 0.05) is 7.14 Å². The smallest absolute Gasteiger partial charge is 0.336 e. The summed E-state index contributed by atoms with van der Waals surface area (Å²) in [6.07, 6.45) is 0. The molecule has 0 spiro atoms. The molecule has 2 nitrogen and oxygen atoms in total. The van der Waals surface area contributed by atoms with Gasteiger partial charge in [-0.2, -0.15) is 0 Å². The molecule has 0 aliphatic rings. The molecule has 0 bridgehead atoms. The number of halogens is 2. The van der Waals surface area contributed by atoms with Gasteiger partial charge in [-0.3, -0.25) is 0 Å². The summed E-state index contributed by atoms with van der Waals surface area (Å²) in [6.45, 7) is 0. The van der Waals surface area contributed by atoms with Crippen molar-refractivity contribution in [2.24, 2.45) is 0 Å². The van der Waals surface area contributed by atoms with E-state index in [0.29, 0.717) is 5.56 Å². The Morgan fingerprint density at radius 1 is 1.36 bits per heavy atom. The standard InChI is InChI=1S/C7H4I2O2/c8-4-1-2-5(7(10)11)6(9)3-4/h1-3H,(H,10,11). The molecule has 0 heterocycles. The lowest BCUT2D eigenvalue weighted by atomic mass is 10.2. The van der Waals surface area contributed by atoms with E-state index in [9.17, 15) is 4.79 Å². The first-order valence-corrected chi connectivity index (χ1v) is 4.95. The van der Waals surface area contributed by atoms with E-state index in [1.165, 1.54) is 0 Å². The van der Waals surface area contributed by atoms with Crippen LogP contribution in [0.1, 0.15) is 10.4 Å². The summed E-state index contributed by atoms with van der Waals surface area (Å²) in [5.74, 6) is -0.870. The number of carbonyl (C=O) groups is 1. The van der Waals surface area contributed by atoms with Crippen LogP contribution < -0.4 is 0 Å². The molecule has 0 saturated carbocycles. The number of hydrogen-bond donors (Lipinski definition) is 1. The minimum absolute atomic E-state index is 0.367. The highest BCUT2D eigenvalue weighted by molar-refractivity contribution is 14.1. The monoisotopic (exact) mass is 374 g/mol. The van der Waals surface area contributed by atoms with Gasteiger partial charge in [0.25, 0.3) is 0 Å². The van der Waals surface area contributed by atoms with Crippen LogP contribution in [-0.2, 0) is 0 Å². The Balaban J connectivity index is 3.20. The van der Waals surface area contributed by atoms with E-state index in [0.717, 1.165) is 7.14 Å². The van der Waals surface area contributed by atoms with Gasteiger partial charge in [-0.15, -0.1) is 0 Å². The lowest BCUT2D eigenvalue weighted by molar-refractivity contribution is 0.0695. The van der Waals surface area contributed by atoms with Gasteiger partial charge >= 0.3 is 5.97 Å². The molecule has 58 valence electrons. The van der Waals surface area contributed by atoms with Crippen LogP contribution in [0.15, 0.2) is 18.2 Å². The highest BCUT2D eigenvalue weighted by atomic mass is 127. The normalized spacial score (nSPS) is 9.64. The Morgan fingerprint density at radius 3 is 2.45 bits per heavy atom. The number of rotatable bonds is 1. The fraction of sp³-hybridized carbons (Fsp3) is 0. The molecule has 11 heavy (non-hydrogen) atoms. The average molecular weight is 374 g/mol. The third-order valence-electron chi connectivity index (χ3n) is 1.16. The molecule has 4 heteroatoms. The molecule has 0 amide bonds. The molecular weight excluding hydrogens is 370 g/mol. The first kappa shape index (κ1) is 9.24. The lowest BCUT2D eigenvalue weighted by Crippen LogP contribution is -1.99. The molecule has 1 aromatic carbocycles. The van der Waals surface area contributed by atoms with Crippen molar-refractivity contribution in [3.8, 4) is 0 Å². The van der Waals surface area contributed by atoms with Crippen molar-refractivity contribution in [1.82, 2.24) is 0 Å². The molecule has 1 rings (SSSR count). The number of carboxylic acids is 1. The largest absolute Gasteiger partial charge is 0.478 e. The van der Waals surface area contributed by atoms with E-state index >= 15 is 0 Å². The summed E-state index contributed by atoms with van der Waals surface area (Å²) in [5, 5.41) is 8.65. The number of hydrogen-bond acceptors (Lipinski definition) is 1. The van der Waals surface area contributed by atoms with Crippen molar-refractivity contribution in [3.63, 3.8) is 0 Å². The van der Waals surface area contributed by atoms with E-state index in [1.54, 1.807) is 12.1 Å². The van der Waals surface area contributed by atoms with Crippen LogP contribution in [0.5, 0.6) is 0 Å². The van der Waals surface area contributed by atoms with Gasteiger partial charge in [-0.1, -0.05) is 0 Å². The van der Waals surface area contributed by atoms with Gasteiger partial charge in [-0.05, 0) is 63.4 Å². The van der Waals surface area contributed by atoms with Crippen LogP contribution in [0.3, 0.4) is 0 Å². The molecule has 0 unspecified atom stereocenters. The summed E-state index contributed by atoms with van der Waals surface area (Å²) >= 11 is 4.16. The zero-order valence-electron chi connectivity index (χ0n) is 5.34. The molecule has 1 aromatic rings. The SMILES string of the molecule is O=C(O)c1ccc(I)cc1I. The summed E-state index contributed by atoms with van der Waals surface area (Å²) in [7, 11) is 0. The van der Waals surface area contributed by atoms with Crippen molar-refractivity contribution >= 4 is 51.2 Å². The highest BCUT2D eigenvalue weighted by Gasteiger charge is 2.06. The molecule has 0 fully saturated rings. The lowest BCUT2D eigenvalue weighted by Gasteiger charge is -1.97. The van der Waals surface area contributed by atoms with Crippen molar-refractivity contribution in [3.05, 3.63) is 30.9 Å². The maximum atomic E-state index is 10.5. The number of benzene rings is 1. The minimum atomic E-state index is -0.870. The Bertz CT molecular complexity index is 296. The summed E-state index contributed by atoms with van der Waals surface area (Å²) in [6, 6.07) is 5.24. The maximum absolute atomic E-state index is 10.5. The van der Waals surface area contributed by atoms with Crippen molar-refractivity contribution in [1.29, 1.82) is 0 Å². The Labute approximate surface area is 91.3 Å². The van der Waals surface area contributed by atoms with Crippen LogP contribution in [-0.4, -0.2) is 11.1 Å². The van der Waals surface area contributed by atoms with E-state index < -0.39 is 5.97 Å². The van der Waals surface area contributed by atoms with E-state index in [-0.39, 0.29) is 0 Å². The van der Waals surface area contributed by atoms with E-state index in [1.807, 2.05) is 28.7 Å². The average Bonchev–Trinajstić information content (AvgIpc) is 1.85. The predicted octanol–water partition coefficient (Wildman–Crippen LogP) is 2.59. The van der Waals surface area contributed by atoms with Crippen LogP contribution in [0.2, 0.25) is 0 Å². The van der Waals surface area contributed by atoms with Crippen molar-refractivity contribution < 1.29 is 9.90 Å². The Kier molecular flexibility index (Phi) is 3.11. The number of carboxylic acid groups (broad SMARTS) is 1. The zero-order valence-corrected chi connectivity index (χ0v) is 9.66. The first-order chi connectivity index (χ1) is 5.11. The molecule has 0 aliphatic heterocycles. The summed E-state index contributed by atoms with van der Waals surface area (Å²) in [5.41, 5.74) is 0.367. The van der Waals surface area contributed by atoms with Crippen molar-refractivity contribution in [2.75, 3.05) is 0 Å². The van der Waals surface area contributed by atoms with Crippen LogP contribution in [0.25, 0.3) is 0 Å². The van der Waals surface area contributed by atoms with Crippen LogP contribution >= 0.6 is 45.2 Å². The van der Waals surface area contributed by atoms with Gasteiger partial charge in [0.15, 0.2) is 0 Å². The molecule has 0 aromatic heterocycles. The number of aromatic carboxylic acids is 1. The molecule has 0 saturated heterocycles. The third-order valence-corrected chi connectivity index (χ3v) is 2.73. The van der Waals surface area contributed by atoms with Gasteiger partial charge in [0.1, 0.15) is 0 Å². The van der Waals surface area contributed by atoms with Gasteiger partial charge in [-0.25, -0.2) is 4.79 Å². The second kappa shape index (κ2) is 3.70. The minimum Gasteiger partial charge on any atom is -0.478 e. The topological polar surface area (TPSA) is 37.3 Å². The Hall–Kier alpha value is 0.150. The first-order valence-electron chi connectivity index (χ1n) is 2.79. The second-order valence-corrected chi connectivity index (χ2v) is 4.34. The van der Waals surface area contributed by atoms with Crippen LogP contribution in [0, 0.1) is 7.14 Å². The maximum Gasteiger partial charge on any atom is 0.336 e. The fourth-order valence-corrected chi connectivity index (χ4v) is 2.50. The molecule has 0 atom stereocenters. The van der Waals surface area contributed by atoms with Gasteiger partial charge in [0.05, 0.1) is 5.56 Å². The fourth-order valence-electron chi connectivity index (χ4n) is 0.663. The second-order valence-electron chi connectivity index (χ2n) is 1.93. The van der Waals surface area contributed by atoms with Gasteiger partial charge < -0.3 is 5.11 Å². The summed E-state index contributed by atoms with van der Waals surface area (Å²) < 4.78 is 1.83. The van der Waals surface area contributed by atoms with E-state index in [2.05, 4.69) is 22.6 Å². The van der Waals surface area contributed by atoms with Crippen molar-refractivity contribution in [2.45, 2.75) is 0 Å². The zero-order chi connectivity index (χ0) is 8.43. The Morgan fingerprint density at radius 2 is 2.00 bits per heavy atom. The quantitative estimate of drug-likeness (QED) is 0.768.